The molecule has 0 spiro atoms. The standard InChI is InChI=1S/C35H40ClN5S/c1-21-10-11-24(4)32(16-21)40-25(5)17-28(26(40)6)34-33(30-9-7-8-14-37-30)38-35(42)41(34)27-12-13-31(29(36)18-27)39-19-22(2)15-23(3)20-39/h7-14,16-18,22-23,33-34H,15,19-20H2,1-6H3,(H,38,42)/t22-,23+,33-,34+/m0/s1. The second-order valence-corrected chi connectivity index (χ2v) is 13.2. The fourth-order valence-electron chi connectivity index (χ4n) is 7.13. The number of rotatable bonds is 5. The van der Waals surface area contributed by atoms with E-state index < -0.39 is 0 Å². The first-order valence-corrected chi connectivity index (χ1v) is 15.7. The van der Waals surface area contributed by atoms with Crippen LogP contribution in [0.2, 0.25) is 5.02 Å². The minimum atomic E-state index is -0.117. The van der Waals surface area contributed by atoms with Crippen molar-refractivity contribution in [2.75, 3.05) is 22.9 Å². The second-order valence-electron chi connectivity index (χ2n) is 12.4. The van der Waals surface area contributed by atoms with Crippen LogP contribution in [-0.2, 0) is 0 Å². The van der Waals surface area contributed by atoms with Gasteiger partial charge in [-0.3, -0.25) is 4.98 Å². The zero-order valence-corrected chi connectivity index (χ0v) is 26.9. The van der Waals surface area contributed by atoms with E-state index in [1.54, 1.807) is 0 Å². The summed E-state index contributed by atoms with van der Waals surface area (Å²) < 4.78 is 2.38. The molecule has 2 aromatic heterocycles. The van der Waals surface area contributed by atoms with E-state index in [9.17, 15) is 0 Å². The molecule has 0 radical (unpaired) electrons. The molecule has 2 aliphatic heterocycles. The second kappa shape index (κ2) is 11.4. The highest BCUT2D eigenvalue weighted by atomic mass is 35.5. The highest BCUT2D eigenvalue weighted by Crippen LogP contribution is 2.45. The number of thiocarbonyl (C=S) groups is 1. The Balaban J connectivity index is 1.45. The highest BCUT2D eigenvalue weighted by molar-refractivity contribution is 7.80. The molecule has 2 aromatic carbocycles. The topological polar surface area (TPSA) is 36.3 Å². The molecule has 5 nitrogen and oxygen atoms in total. The van der Waals surface area contributed by atoms with Gasteiger partial charge in [-0.25, -0.2) is 0 Å². The van der Waals surface area contributed by atoms with Crippen molar-refractivity contribution in [3.8, 4) is 5.69 Å². The van der Waals surface area contributed by atoms with E-state index in [1.165, 1.54) is 40.2 Å². The van der Waals surface area contributed by atoms with E-state index in [4.69, 9.17) is 28.8 Å². The lowest BCUT2D eigenvalue weighted by Crippen LogP contribution is -2.38. The van der Waals surface area contributed by atoms with Gasteiger partial charge in [0.1, 0.15) is 0 Å². The Labute approximate surface area is 260 Å². The van der Waals surface area contributed by atoms with Crippen LogP contribution in [0, 0.1) is 39.5 Å². The molecular formula is C35H40ClN5S. The molecular weight excluding hydrogens is 558 g/mol. The normalized spacial score (nSPS) is 22.5. The van der Waals surface area contributed by atoms with Crippen molar-refractivity contribution in [2.24, 2.45) is 11.8 Å². The lowest BCUT2D eigenvalue weighted by Gasteiger charge is -2.37. The van der Waals surface area contributed by atoms with Gasteiger partial charge in [0.25, 0.3) is 0 Å². The lowest BCUT2D eigenvalue weighted by atomic mass is 9.91. The summed E-state index contributed by atoms with van der Waals surface area (Å²) in [5.41, 5.74) is 10.4. The molecule has 0 aliphatic carbocycles. The number of benzene rings is 2. The van der Waals surface area contributed by atoms with Crippen LogP contribution in [0.25, 0.3) is 5.69 Å². The molecule has 0 saturated carbocycles. The molecule has 2 saturated heterocycles. The summed E-state index contributed by atoms with van der Waals surface area (Å²) in [5.74, 6) is 1.30. The molecule has 7 heteroatoms. The fraction of sp³-hybridized carbons (Fsp3) is 0.371. The summed E-state index contributed by atoms with van der Waals surface area (Å²) in [6.07, 6.45) is 3.11. The molecule has 42 heavy (non-hydrogen) atoms. The van der Waals surface area contributed by atoms with Gasteiger partial charge in [-0.05, 0) is 117 Å². The average molecular weight is 598 g/mol. The number of anilines is 2. The van der Waals surface area contributed by atoms with Gasteiger partial charge in [-0.15, -0.1) is 0 Å². The average Bonchev–Trinajstić information content (AvgIpc) is 3.44. The van der Waals surface area contributed by atoms with Crippen molar-refractivity contribution < 1.29 is 0 Å². The Morgan fingerprint density at radius 1 is 0.905 bits per heavy atom. The SMILES string of the molecule is Cc1ccc(C)c(-n2c(C)cc([C@@H]3[C@H](c4ccccn4)NC(=S)N3c3ccc(N4C[C@H](C)C[C@H](C)C4)c(Cl)c3)c2C)c1. The lowest BCUT2D eigenvalue weighted by molar-refractivity contribution is 0.357. The number of nitrogens with one attached hydrogen (secondary N) is 1. The van der Waals surface area contributed by atoms with Crippen molar-refractivity contribution in [3.05, 3.63) is 106 Å². The summed E-state index contributed by atoms with van der Waals surface area (Å²) >= 11 is 13.1. The number of hydrogen-bond acceptors (Lipinski definition) is 3. The Morgan fingerprint density at radius 2 is 1.67 bits per heavy atom. The summed E-state index contributed by atoms with van der Waals surface area (Å²) in [5, 5.41) is 5.06. The number of halogens is 1. The number of piperidine rings is 1. The Morgan fingerprint density at radius 3 is 2.36 bits per heavy atom. The van der Waals surface area contributed by atoms with Gasteiger partial charge in [-0.2, -0.15) is 0 Å². The summed E-state index contributed by atoms with van der Waals surface area (Å²) in [6.45, 7) is 15.4. The van der Waals surface area contributed by atoms with Crippen LogP contribution < -0.4 is 15.1 Å². The summed E-state index contributed by atoms with van der Waals surface area (Å²) in [4.78, 5) is 9.44. The number of pyridine rings is 1. The van der Waals surface area contributed by atoms with Crippen LogP contribution in [0.15, 0.2) is 66.9 Å². The van der Waals surface area contributed by atoms with Crippen LogP contribution in [0.4, 0.5) is 11.4 Å². The largest absolute Gasteiger partial charge is 0.370 e. The van der Waals surface area contributed by atoms with Crippen molar-refractivity contribution in [2.45, 2.75) is 60.0 Å². The molecule has 0 bridgehead atoms. The van der Waals surface area contributed by atoms with Gasteiger partial charge in [0.2, 0.25) is 0 Å². The smallest absolute Gasteiger partial charge is 0.174 e. The maximum absolute atomic E-state index is 7.06. The van der Waals surface area contributed by atoms with Crippen LogP contribution in [0.1, 0.15) is 66.1 Å². The van der Waals surface area contributed by atoms with Gasteiger partial charge in [-0.1, -0.05) is 43.6 Å². The molecule has 4 aromatic rings. The van der Waals surface area contributed by atoms with Crippen LogP contribution in [-0.4, -0.2) is 27.8 Å². The van der Waals surface area contributed by atoms with E-state index in [0.717, 1.165) is 35.2 Å². The van der Waals surface area contributed by atoms with E-state index in [2.05, 4.69) is 110 Å². The highest BCUT2D eigenvalue weighted by Gasteiger charge is 2.42. The van der Waals surface area contributed by atoms with Crippen molar-refractivity contribution in [1.29, 1.82) is 0 Å². The molecule has 4 heterocycles. The molecule has 1 N–H and O–H groups in total. The zero-order valence-electron chi connectivity index (χ0n) is 25.4. The minimum Gasteiger partial charge on any atom is -0.370 e. The van der Waals surface area contributed by atoms with Gasteiger partial charge in [0, 0.05) is 42.0 Å². The van der Waals surface area contributed by atoms with Crippen LogP contribution in [0.5, 0.6) is 0 Å². The van der Waals surface area contributed by atoms with E-state index >= 15 is 0 Å². The Bertz CT molecular complexity index is 1620. The van der Waals surface area contributed by atoms with Crippen molar-refractivity contribution >= 4 is 40.3 Å². The first-order valence-electron chi connectivity index (χ1n) is 14.9. The first-order chi connectivity index (χ1) is 20.1. The molecule has 6 rings (SSSR count). The number of aromatic nitrogens is 2. The Hall–Kier alpha value is -3.35. The third kappa shape index (κ3) is 5.20. The molecule has 0 amide bonds. The van der Waals surface area contributed by atoms with E-state index in [1.807, 2.05) is 18.3 Å². The van der Waals surface area contributed by atoms with Crippen molar-refractivity contribution in [1.82, 2.24) is 14.9 Å². The maximum atomic E-state index is 7.06. The summed E-state index contributed by atoms with van der Waals surface area (Å²) in [7, 11) is 0. The van der Waals surface area contributed by atoms with Crippen molar-refractivity contribution in [3.63, 3.8) is 0 Å². The third-order valence-electron chi connectivity index (χ3n) is 8.91. The van der Waals surface area contributed by atoms with Gasteiger partial charge < -0.3 is 19.7 Å². The molecule has 2 fully saturated rings. The zero-order chi connectivity index (χ0) is 29.7. The van der Waals surface area contributed by atoms with Gasteiger partial charge >= 0.3 is 0 Å². The maximum Gasteiger partial charge on any atom is 0.174 e. The number of hydrogen-bond donors (Lipinski definition) is 1. The van der Waals surface area contributed by atoms with Gasteiger partial charge in [0.05, 0.1) is 28.5 Å². The molecule has 0 unspecified atom stereocenters. The fourth-order valence-corrected chi connectivity index (χ4v) is 7.77. The van der Waals surface area contributed by atoms with Gasteiger partial charge in [0.15, 0.2) is 5.11 Å². The number of nitrogens with zero attached hydrogens (tertiary/aromatic N) is 4. The minimum absolute atomic E-state index is 0.102. The predicted octanol–water partition coefficient (Wildman–Crippen LogP) is 8.42. The Kier molecular flexibility index (Phi) is 7.79. The van der Waals surface area contributed by atoms with E-state index in [-0.39, 0.29) is 12.1 Å². The van der Waals surface area contributed by atoms with Crippen LogP contribution >= 0.6 is 23.8 Å². The molecule has 4 atom stereocenters. The van der Waals surface area contributed by atoms with Crippen LogP contribution in [0.3, 0.4) is 0 Å². The monoisotopic (exact) mass is 597 g/mol. The number of aryl methyl sites for hydroxylation is 3. The molecule has 2 aliphatic rings. The summed E-state index contributed by atoms with van der Waals surface area (Å²) in [6, 6.07) is 21.3. The quantitative estimate of drug-likeness (QED) is 0.234. The van der Waals surface area contributed by atoms with E-state index in [0.29, 0.717) is 16.9 Å². The third-order valence-corrected chi connectivity index (χ3v) is 9.53. The predicted molar refractivity (Wildman–Crippen MR) is 179 cm³/mol. The molecule has 218 valence electrons. The first kappa shape index (κ1) is 28.8.